The van der Waals surface area contributed by atoms with Gasteiger partial charge in [-0.2, -0.15) is 0 Å². The normalized spacial score (nSPS) is 10.9. The highest BCUT2D eigenvalue weighted by molar-refractivity contribution is 7.98. The average Bonchev–Trinajstić information content (AvgIpc) is 3.09. The Balaban J connectivity index is 1.73. The van der Waals surface area contributed by atoms with E-state index in [1.54, 1.807) is 23.5 Å². The largest absolute Gasteiger partial charge is 0.257 e. The van der Waals surface area contributed by atoms with Crippen LogP contribution >= 0.6 is 34.7 Å². The number of hydrogen-bond acceptors (Lipinski definition) is 4. The Kier molecular flexibility index (Phi) is 4.05. The SMILES string of the molecule is Fc1cccc(Cl)c1CSc1n[nH]c(-c2cccs2)n1. The second-order valence-electron chi connectivity index (χ2n) is 3.93. The summed E-state index contributed by atoms with van der Waals surface area (Å²) < 4.78 is 13.6. The van der Waals surface area contributed by atoms with Gasteiger partial charge in [-0.15, -0.1) is 16.4 Å². The van der Waals surface area contributed by atoms with Gasteiger partial charge < -0.3 is 0 Å². The number of rotatable bonds is 4. The minimum absolute atomic E-state index is 0.306. The van der Waals surface area contributed by atoms with E-state index in [2.05, 4.69) is 15.2 Å². The lowest BCUT2D eigenvalue weighted by atomic mass is 10.2. The molecule has 0 fully saturated rings. The number of H-pyrrole nitrogens is 1. The van der Waals surface area contributed by atoms with E-state index in [4.69, 9.17) is 11.6 Å². The van der Waals surface area contributed by atoms with Gasteiger partial charge in [0.15, 0.2) is 5.82 Å². The summed E-state index contributed by atoms with van der Waals surface area (Å²) in [6.07, 6.45) is 0. The maximum atomic E-state index is 13.6. The van der Waals surface area contributed by atoms with Crippen molar-refractivity contribution in [1.82, 2.24) is 15.2 Å². The highest BCUT2D eigenvalue weighted by Gasteiger charge is 2.11. The first-order valence-corrected chi connectivity index (χ1v) is 8.00. The molecule has 0 radical (unpaired) electrons. The molecular weight excluding hydrogens is 317 g/mol. The van der Waals surface area contributed by atoms with Gasteiger partial charge in [-0.3, -0.25) is 5.10 Å². The minimum atomic E-state index is -0.306. The number of hydrogen-bond donors (Lipinski definition) is 1. The molecule has 0 atom stereocenters. The summed E-state index contributed by atoms with van der Waals surface area (Å²) in [7, 11) is 0. The second-order valence-corrected chi connectivity index (χ2v) is 6.23. The molecule has 0 spiro atoms. The lowest BCUT2D eigenvalue weighted by molar-refractivity contribution is 0.617. The van der Waals surface area contributed by atoms with Crippen LogP contribution in [0.3, 0.4) is 0 Å². The third kappa shape index (κ3) is 2.87. The summed E-state index contributed by atoms with van der Waals surface area (Å²) in [5.41, 5.74) is 0.474. The van der Waals surface area contributed by atoms with E-state index in [0.717, 1.165) is 10.7 Å². The molecule has 20 heavy (non-hydrogen) atoms. The first-order valence-electron chi connectivity index (χ1n) is 5.76. The molecule has 7 heteroatoms. The van der Waals surface area contributed by atoms with Crippen LogP contribution < -0.4 is 0 Å². The molecule has 2 heterocycles. The topological polar surface area (TPSA) is 41.6 Å². The van der Waals surface area contributed by atoms with Crippen LogP contribution in [0.5, 0.6) is 0 Å². The molecule has 1 N–H and O–H groups in total. The molecule has 0 aliphatic heterocycles. The molecule has 3 aromatic rings. The zero-order valence-corrected chi connectivity index (χ0v) is 12.5. The van der Waals surface area contributed by atoms with Crippen molar-refractivity contribution in [2.75, 3.05) is 0 Å². The van der Waals surface area contributed by atoms with Crippen LogP contribution in [0.2, 0.25) is 5.02 Å². The number of benzene rings is 1. The second kappa shape index (κ2) is 5.95. The Labute approximate surface area is 128 Å². The molecule has 3 rings (SSSR count). The van der Waals surface area contributed by atoms with Crippen LogP contribution in [0.25, 0.3) is 10.7 Å². The van der Waals surface area contributed by atoms with E-state index in [0.29, 0.717) is 21.5 Å². The molecule has 0 unspecified atom stereocenters. The molecular formula is C13H9ClFN3S2. The number of aromatic amines is 1. The van der Waals surface area contributed by atoms with Crippen LogP contribution in [0, 0.1) is 5.82 Å². The predicted octanol–water partition coefficient (Wildman–Crippen LogP) is 4.62. The summed E-state index contributed by atoms with van der Waals surface area (Å²) in [4.78, 5) is 5.39. The summed E-state index contributed by atoms with van der Waals surface area (Å²) in [6.45, 7) is 0. The van der Waals surface area contributed by atoms with E-state index in [9.17, 15) is 4.39 Å². The minimum Gasteiger partial charge on any atom is -0.257 e. The van der Waals surface area contributed by atoms with Crippen LogP contribution in [0.15, 0.2) is 40.9 Å². The Bertz CT molecular complexity index is 692. The molecule has 2 aromatic heterocycles. The molecule has 0 saturated carbocycles. The molecule has 3 nitrogen and oxygen atoms in total. The highest BCUT2D eigenvalue weighted by atomic mass is 35.5. The maximum Gasteiger partial charge on any atom is 0.209 e. The van der Waals surface area contributed by atoms with Gasteiger partial charge in [0.25, 0.3) is 0 Å². The third-order valence-corrected chi connectivity index (χ3v) is 4.73. The van der Waals surface area contributed by atoms with Gasteiger partial charge >= 0.3 is 0 Å². The Hall–Kier alpha value is -1.37. The quantitative estimate of drug-likeness (QED) is 0.712. The number of thiophene rings is 1. The fourth-order valence-corrected chi connectivity index (χ4v) is 3.45. The fourth-order valence-electron chi connectivity index (χ4n) is 1.64. The van der Waals surface area contributed by atoms with Crippen LogP contribution in [-0.2, 0) is 5.75 Å². The number of aromatic nitrogens is 3. The summed E-state index contributed by atoms with van der Waals surface area (Å²) in [6, 6.07) is 8.59. The Morgan fingerprint density at radius 3 is 2.95 bits per heavy atom. The molecule has 0 aliphatic rings. The van der Waals surface area contributed by atoms with Crippen LogP contribution in [0.4, 0.5) is 4.39 Å². The van der Waals surface area contributed by atoms with Crippen molar-refractivity contribution in [1.29, 1.82) is 0 Å². The smallest absolute Gasteiger partial charge is 0.209 e. The summed E-state index contributed by atoms with van der Waals surface area (Å²) in [5, 5.41) is 9.97. The molecule has 102 valence electrons. The molecule has 0 bridgehead atoms. The molecule has 0 amide bonds. The van der Waals surface area contributed by atoms with Gasteiger partial charge in [0.1, 0.15) is 5.82 Å². The van der Waals surface area contributed by atoms with Crippen molar-refractivity contribution < 1.29 is 4.39 Å². The van der Waals surface area contributed by atoms with Gasteiger partial charge in [-0.1, -0.05) is 35.5 Å². The van der Waals surface area contributed by atoms with Crippen molar-refractivity contribution in [2.24, 2.45) is 0 Å². The van der Waals surface area contributed by atoms with E-state index in [1.165, 1.54) is 17.8 Å². The van der Waals surface area contributed by atoms with Crippen molar-refractivity contribution in [3.8, 4) is 10.7 Å². The Morgan fingerprint density at radius 1 is 1.30 bits per heavy atom. The summed E-state index contributed by atoms with van der Waals surface area (Å²) in [5.74, 6) is 0.814. The van der Waals surface area contributed by atoms with Crippen molar-refractivity contribution >= 4 is 34.7 Å². The summed E-state index contributed by atoms with van der Waals surface area (Å²) >= 11 is 8.91. The zero-order valence-electron chi connectivity index (χ0n) is 10.1. The highest BCUT2D eigenvalue weighted by Crippen LogP contribution is 2.28. The fraction of sp³-hybridized carbons (Fsp3) is 0.0769. The van der Waals surface area contributed by atoms with Crippen LogP contribution in [-0.4, -0.2) is 15.2 Å². The van der Waals surface area contributed by atoms with Gasteiger partial charge in [-0.25, -0.2) is 9.37 Å². The Morgan fingerprint density at radius 2 is 2.20 bits per heavy atom. The molecule has 1 aromatic carbocycles. The average molecular weight is 326 g/mol. The van der Waals surface area contributed by atoms with E-state index < -0.39 is 0 Å². The molecule has 0 saturated heterocycles. The monoisotopic (exact) mass is 325 g/mol. The van der Waals surface area contributed by atoms with Gasteiger partial charge in [0, 0.05) is 16.3 Å². The zero-order chi connectivity index (χ0) is 13.9. The molecule has 0 aliphatic carbocycles. The number of nitrogens with zero attached hydrogens (tertiary/aromatic N) is 2. The van der Waals surface area contributed by atoms with Crippen molar-refractivity contribution in [2.45, 2.75) is 10.9 Å². The lowest BCUT2D eigenvalue weighted by Gasteiger charge is -2.03. The van der Waals surface area contributed by atoms with E-state index in [1.807, 2.05) is 17.5 Å². The van der Waals surface area contributed by atoms with Crippen molar-refractivity contribution in [3.63, 3.8) is 0 Å². The maximum absolute atomic E-state index is 13.6. The van der Waals surface area contributed by atoms with Gasteiger partial charge in [0.2, 0.25) is 5.16 Å². The first-order chi connectivity index (χ1) is 9.74. The van der Waals surface area contributed by atoms with Crippen molar-refractivity contribution in [3.05, 3.63) is 52.1 Å². The van der Waals surface area contributed by atoms with Gasteiger partial charge in [0.05, 0.1) is 4.88 Å². The predicted molar refractivity (Wildman–Crippen MR) is 80.7 cm³/mol. The number of nitrogens with one attached hydrogen (secondary N) is 1. The lowest BCUT2D eigenvalue weighted by Crippen LogP contribution is -1.89. The van der Waals surface area contributed by atoms with E-state index in [-0.39, 0.29) is 5.82 Å². The standard InChI is InChI=1S/C13H9ClFN3S2/c14-9-3-1-4-10(15)8(9)7-20-13-16-12(17-18-13)11-5-2-6-19-11/h1-6H,7H2,(H,16,17,18). The number of halogens is 2. The van der Waals surface area contributed by atoms with Crippen LogP contribution in [0.1, 0.15) is 5.56 Å². The van der Waals surface area contributed by atoms with E-state index >= 15 is 0 Å². The first kappa shape index (κ1) is 13.6. The van der Waals surface area contributed by atoms with Gasteiger partial charge in [-0.05, 0) is 23.6 Å². The number of thioether (sulfide) groups is 1. The third-order valence-electron chi connectivity index (χ3n) is 2.63.